The quantitative estimate of drug-likeness (QED) is 0.514. The molecule has 6 nitrogen and oxygen atoms in total. The second kappa shape index (κ2) is 7.04. The molecule has 6 heteroatoms. The van der Waals surface area contributed by atoms with Crippen LogP contribution in [-0.2, 0) is 29.7 Å². The van der Waals surface area contributed by atoms with E-state index in [2.05, 4.69) is 18.1 Å². The second-order valence-electron chi connectivity index (χ2n) is 6.62. The molecule has 0 saturated carbocycles. The van der Waals surface area contributed by atoms with Crippen molar-refractivity contribution in [3.8, 4) is 11.1 Å². The first-order chi connectivity index (χ1) is 13.1. The lowest BCUT2D eigenvalue weighted by molar-refractivity contribution is 0.0515. The number of carbonyl (C=O) groups is 1. The first-order valence-electron chi connectivity index (χ1n) is 9.16. The van der Waals surface area contributed by atoms with Crippen LogP contribution >= 0.6 is 0 Å². The number of aromatic nitrogens is 3. The fourth-order valence-electron chi connectivity index (χ4n) is 3.69. The van der Waals surface area contributed by atoms with Crippen LogP contribution in [0, 0.1) is 6.92 Å². The maximum atomic E-state index is 12.6. The van der Waals surface area contributed by atoms with Crippen molar-refractivity contribution in [1.29, 1.82) is 0 Å². The number of hydrogen-bond acceptors (Lipinski definition) is 4. The minimum Gasteiger partial charge on any atom is -0.461 e. The van der Waals surface area contributed by atoms with Gasteiger partial charge in [-0.1, -0.05) is 30.4 Å². The van der Waals surface area contributed by atoms with Gasteiger partial charge in [0.05, 0.1) is 31.0 Å². The summed E-state index contributed by atoms with van der Waals surface area (Å²) in [5, 5.41) is 5.67. The maximum absolute atomic E-state index is 12.6. The molecule has 1 aliphatic heterocycles. The van der Waals surface area contributed by atoms with Gasteiger partial charge >= 0.3 is 5.97 Å². The van der Waals surface area contributed by atoms with E-state index in [4.69, 9.17) is 9.47 Å². The van der Waals surface area contributed by atoms with Crippen molar-refractivity contribution in [3.63, 3.8) is 0 Å². The summed E-state index contributed by atoms with van der Waals surface area (Å²) >= 11 is 0. The Morgan fingerprint density at radius 1 is 1.33 bits per heavy atom. The molecule has 140 valence electrons. The molecule has 0 bridgehead atoms. The van der Waals surface area contributed by atoms with Crippen LogP contribution in [0.5, 0.6) is 0 Å². The zero-order valence-corrected chi connectivity index (χ0v) is 15.9. The predicted octanol–water partition coefficient (Wildman–Crippen LogP) is 3.61. The van der Waals surface area contributed by atoms with Gasteiger partial charge in [-0.3, -0.25) is 4.68 Å². The average Bonchev–Trinajstić information content (AvgIpc) is 3.15. The number of nitrogens with zero attached hydrogens (tertiary/aromatic N) is 3. The molecule has 2 aromatic heterocycles. The number of para-hydroxylation sites is 1. The second-order valence-corrected chi connectivity index (χ2v) is 6.62. The Morgan fingerprint density at radius 2 is 2.19 bits per heavy atom. The molecule has 27 heavy (non-hydrogen) atoms. The molecule has 0 N–H and O–H groups in total. The number of esters is 1. The van der Waals surface area contributed by atoms with E-state index >= 15 is 0 Å². The lowest BCUT2D eigenvalue weighted by Crippen LogP contribution is -2.12. The number of allylic oxidation sites excluding steroid dienone is 1. The Bertz CT molecular complexity index is 1040. The highest BCUT2D eigenvalue weighted by atomic mass is 16.5. The minimum absolute atomic E-state index is 0.303. The van der Waals surface area contributed by atoms with Gasteiger partial charge in [-0.25, -0.2) is 4.79 Å². The van der Waals surface area contributed by atoms with Crippen molar-refractivity contribution in [1.82, 2.24) is 14.3 Å². The van der Waals surface area contributed by atoms with Gasteiger partial charge in [-0.05, 0) is 19.9 Å². The van der Waals surface area contributed by atoms with Gasteiger partial charge in [-0.15, -0.1) is 0 Å². The molecule has 0 unspecified atom stereocenters. The van der Waals surface area contributed by atoms with Crippen LogP contribution in [0.3, 0.4) is 0 Å². The molecular weight excluding hydrogens is 342 g/mol. The number of aryl methyl sites for hydroxylation is 1. The molecule has 3 aromatic rings. The summed E-state index contributed by atoms with van der Waals surface area (Å²) in [6, 6.07) is 8.05. The van der Waals surface area contributed by atoms with E-state index in [0.717, 1.165) is 33.4 Å². The van der Waals surface area contributed by atoms with Gasteiger partial charge in [0.1, 0.15) is 5.69 Å². The van der Waals surface area contributed by atoms with E-state index in [9.17, 15) is 4.79 Å². The van der Waals surface area contributed by atoms with Crippen molar-refractivity contribution in [3.05, 3.63) is 53.5 Å². The van der Waals surface area contributed by atoms with Crippen molar-refractivity contribution in [2.24, 2.45) is 7.05 Å². The number of rotatable bonds is 2. The third-order valence-electron chi connectivity index (χ3n) is 4.99. The van der Waals surface area contributed by atoms with Crippen LogP contribution < -0.4 is 0 Å². The monoisotopic (exact) mass is 365 g/mol. The molecule has 0 saturated heterocycles. The molecule has 3 heterocycles. The van der Waals surface area contributed by atoms with Crippen molar-refractivity contribution < 1.29 is 14.3 Å². The van der Waals surface area contributed by atoms with E-state index in [1.54, 1.807) is 0 Å². The Labute approximate surface area is 158 Å². The predicted molar refractivity (Wildman–Crippen MR) is 104 cm³/mol. The first-order valence-corrected chi connectivity index (χ1v) is 9.16. The summed E-state index contributed by atoms with van der Waals surface area (Å²) in [6.45, 7) is 5.76. The molecule has 0 fully saturated rings. The Balaban J connectivity index is 2.04. The van der Waals surface area contributed by atoms with E-state index in [1.165, 1.54) is 0 Å². The number of hydrogen-bond donors (Lipinski definition) is 0. The van der Waals surface area contributed by atoms with Crippen LogP contribution in [0.4, 0.5) is 0 Å². The van der Waals surface area contributed by atoms with Crippen LogP contribution in [0.25, 0.3) is 22.0 Å². The number of carbonyl (C=O) groups excluding carboxylic acids is 1. The molecule has 0 spiro atoms. The third-order valence-corrected chi connectivity index (χ3v) is 4.99. The zero-order valence-electron chi connectivity index (χ0n) is 15.9. The zero-order chi connectivity index (χ0) is 19.0. The maximum Gasteiger partial charge on any atom is 0.354 e. The van der Waals surface area contributed by atoms with E-state index in [0.29, 0.717) is 32.1 Å². The highest BCUT2D eigenvalue weighted by Gasteiger charge is 2.23. The first kappa shape index (κ1) is 17.5. The van der Waals surface area contributed by atoms with Crippen molar-refractivity contribution in [2.45, 2.75) is 27.0 Å². The molecular formula is C21H23N3O3. The lowest BCUT2D eigenvalue weighted by Gasteiger charge is -2.12. The Hall–Kier alpha value is -2.86. The Kier molecular flexibility index (Phi) is 4.58. The summed E-state index contributed by atoms with van der Waals surface area (Å²) in [6.07, 6.45) is 4.00. The summed E-state index contributed by atoms with van der Waals surface area (Å²) in [7, 11) is 1.94. The fraction of sp³-hybridized carbons (Fsp3) is 0.333. The van der Waals surface area contributed by atoms with Gasteiger partial charge in [0.15, 0.2) is 0 Å². The topological polar surface area (TPSA) is 58.3 Å². The van der Waals surface area contributed by atoms with E-state index in [-0.39, 0.29) is 5.97 Å². The van der Waals surface area contributed by atoms with Gasteiger partial charge in [-0.2, -0.15) is 5.10 Å². The lowest BCUT2D eigenvalue weighted by atomic mass is 10.0. The molecule has 1 aliphatic rings. The van der Waals surface area contributed by atoms with E-state index in [1.807, 2.05) is 53.6 Å². The van der Waals surface area contributed by atoms with E-state index < -0.39 is 0 Å². The number of ether oxygens (including phenoxy) is 2. The average molecular weight is 365 g/mol. The molecule has 0 radical (unpaired) electrons. The van der Waals surface area contributed by atoms with Crippen LogP contribution in [0.15, 0.2) is 36.4 Å². The minimum atomic E-state index is -0.303. The SMILES string of the molecule is CCOC(=O)c1cc2cccc3c2n1C/C=C\COCc1nn(C)c(C)c1-3. The van der Waals surface area contributed by atoms with Crippen LogP contribution in [0.2, 0.25) is 0 Å². The van der Waals surface area contributed by atoms with Crippen molar-refractivity contribution in [2.75, 3.05) is 13.2 Å². The molecule has 1 aromatic carbocycles. The summed E-state index contributed by atoms with van der Waals surface area (Å²) in [4.78, 5) is 12.6. The van der Waals surface area contributed by atoms with Gasteiger partial charge in [0.25, 0.3) is 0 Å². The number of fused-ring (bicyclic) bond motifs is 2. The van der Waals surface area contributed by atoms with Crippen molar-refractivity contribution >= 4 is 16.9 Å². The fourth-order valence-corrected chi connectivity index (χ4v) is 3.69. The van der Waals surface area contributed by atoms with Crippen LogP contribution in [-0.4, -0.2) is 33.5 Å². The highest BCUT2D eigenvalue weighted by Crippen LogP contribution is 2.35. The summed E-state index contributed by atoms with van der Waals surface area (Å²) in [5.74, 6) is -0.303. The summed E-state index contributed by atoms with van der Waals surface area (Å²) in [5.41, 5.74) is 5.68. The highest BCUT2D eigenvalue weighted by molar-refractivity contribution is 6.02. The third kappa shape index (κ3) is 2.96. The normalized spacial score (nSPS) is 15.2. The standard InChI is InChI=1S/C21H23N3O3/c1-4-27-21(25)18-12-15-8-7-9-16-19-14(2)23(3)22-17(19)13-26-11-6-5-10-24(18)20(15)16/h5-9,12H,4,10-11,13H2,1-3H3/b6-5-. The molecule has 4 rings (SSSR count). The largest absolute Gasteiger partial charge is 0.461 e. The molecule has 0 atom stereocenters. The number of benzene rings is 1. The molecule has 0 amide bonds. The summed E-state index contributed by atoms with van der Waals surface area (Å²) < 4.78 is 15.0. The molecule has 0 aliphatic carbocycles. The van der Waals surface area contributed by atoms with Gasteiger partial charge in [0.2, 0.25) is 0 Å². The Morgan fingerprint density at radius 3 is 3.00 bits per heavy atom. The van der Waals surface area contributed by atoms with Gasteiger partial charge < -0.3 is 14.0 Å². The van der Waals surface area contributed by atoms with Crippen LogP contribution in [0.1, 0.15) is 28.8 Å². The van der Waals surface area contributed by atoms with Gasteiger partial charge in [0, 0.05) is 35.8 Å². The smallest absolute Gasteiger partial charge is 0.354 e.